The van der Waals surface area contributed by atoms with Crippen molar-refractivity contribution in [3.05, 3.63) is 22.4 Å². The van der Waals surface area contributed by atoms with Gasteiger partial charge in [-0.3, -0.25) is 4.79 Å². The summed E-state index contributed by atoms with van der Waals surface area (Å²) in [6, 6.07) is 2.08. The number of hydrogen-bond donors (Lipinski definition) is 1. The number of carbonyl (C=O) groups excluding carboxylic acids is 1. The number of ketones is 1. The summed E-state index contributed by atoms with van der Waals surface area (Å²) >= 11 is 1.68. The third-order valence-electron chi connectivity index (χ3n) is 2.62. The molecule has 1 aromatic rings. The van der Waals surface area contributed by atoms with Gasteiger partial charge in [0.15, 0.2) is 0 Å². The van der Waals surface area contributed by atoms with Crippen LogP contribution in [0.2, 0.25) is 0 Å². The zero-order valence-electron chi connectivity index (χ0n) is 9.24. The molecule has 0 aliphatic carbocycles. The zero-order valence-corrected chi connectivity index (χ0v) is 10.1. The molecule has 2 N–H and O–H groups in total. The number of thiophene rings is 1. The van der Waals surface area contributed by atoms with Crippen molar-refractivity contribution in [3.8, 4) is 0 Å². The molecule has 1 rings (SSSR count). The molecule has 15 heavy (non-hydrogen) atoms. The van der Waals surface area contributed by atoms with Crippen molar-refractivity contribution in [1.82, 2.24) is 0 Å². The van der Waals surface area contributed by atoms with Gasteiger partial charge in [0, 0.05) is 18.9 Å². The number of Topliss-reactive ketones (excluding diaryl/α,β-unsaturated/α-hetero) is 1. The average Bonchev–Trinajstić information content (AvgIpc) is 2.75. The zero-order chi connectivity index (χ0) is 11.1. The quantitative estimate of drug-likeness (QED) is 0.775. The molecule has 1 aromatic heterocycles. The molecule has 0 bridgehead atoms. The molecule has 1 heterocycles. The maximum Gasteiger partial charge on any atom is 0.137 e. The highest BCUT2D eigenvalue weighted by atomic mass is 32.1. The Kier molecular flexibility index (Phi) is 5.58. The molecule has 0 spiro atoms. The SMILES string of the molecule is CCCC(CN)C(=O)CCc1ccsc1. The van der Waals surface area contributed by atoms with Gasteiger partial charge in [-0.15, -0.1) is 0 Å². The monoisotopic (exact) mass is 225 g/mol. The van der Waals surface area contributed by atoms with E-state index in [2.05, 4.69) is 18.4 Å². The first-order valence-corrected chi connectivity index (χ1v) is 6.46. The minimum absolute atomic E-state index is 0.0774. The van der Waals surface area contributed by atoms with Gasteiger partial charge in [0.1, 0.15) is 5.78 Å². The van der Waals surface area contributed by atoms with Crippen LogP contribution in [-0.2, 0) is 11.2 Å². The second-order valence-corrected chi connectivity index (χ2v) is 4.60. The normalized spacial score (nSPS) is 12.7. The number of carbonyl (C=O) groups is 1. The van der Waals surface area contributed by atoms with Crippen LogP contribution in [0.4, 0.5) is 0 Å². The smallest absolute Gasteiger partial charge is 0.137 e. The van der Waals surface area contributed by atoms with E-state index in [-0.39, 0.29) is 5.92 Å². The lowest BCUT2D eigenvalue weighted by atomic mass is 9.95. The lowest BCUT2D eigenvalue weighted by Crippen LogP contribution is -2.23. The first kappa shape index (κ1) is 12.4. The third-order valence-corrected chi connectivity index (χ3v) is 3.35. The number of rotatable bonds is 7. The van der Waals surface area contributed by atoms with E-state index in [9.17, 15) is 4.79 Å². The Bertz CT molecular complexity index is 282. The molecule has 1 unspecified atom stereocenters. The molecule has 0 fully saturated rings. The summed E-state index contributed by atoms with van der Waals surface area (Å²) in [4.78, 5) is 11.8. The largest absolute Gasteiger partial charge is 0.330 e. The maximum atomic E-state index is 11.8. The summed E-state index contributed by atoms with van der Waals surface area (Å²) in [5.74, 6) is 0.402. The van der Waals surface area contributed by atoms with E-state index >= 15 is 0 Å². The molecule has 1 atom stereocenters. The van der Waals surface area contributed by atoms with Crippen LogP contribution in [0.15, 0.2) is 16.8 Å². The van der Waals surface area contributed by atoms with Crippen LogP contribution in [0.5, 0.6) is 0 Å². The first-order chi connectivity index (χ1) is 7.27. The molecule has 0 saturated heterocycles. The van der Waals surface area contributed by atoms with Gasteiger partial charge >= 0.3 is 0 Å². The molecule has 3 heteroatoms. The fraction of sp³-hybridized carbons (Fsp3) is 0.583. The summed E-state index contributed by atoms with van der Waals surface area (Å²) in [6.07, 6.45) is 3.46. The van der Waals surface area contributed by atoms with Crippen molar-refractivity contribution in [2.75, 3.05) is 6.54 Å². The second kappa shape index (κ2) is 6.75. The molecule has 0 amide bonds. The number of aryl methyl sites for hydroxylation is 1. The van der Waals surface area contributed by atoms with Crippen LogP contribution >= 0.6 is 11.3 Å². The van der Waals surface area contributed by atoms with Gasteiger partial charge in [-0.25, -0.2) is 0 Å². The first-order valence-electron chi connectivity index (χ1n) is 5.51. The van der Waals surface area contributed by atoms with Gasteiger partial charge in [-0.05, 0) is 35.2 Å². The highest BCUT2D eigenvalue weighted by Crippen LogP contribution is 2.13. The average molecular weight is 225 g/mol. The van der Waals surface area contributed by atoms with E-state index in [1.54, 1.807) is 11.3 Å². The van der Waals surface area contributed by atoms with Crippen molar-refractivity contribution in [2.24, 2.45) is 11.7 Å². The molecule has 0 radical (unpaired) electrons. The van der Waals surface area contributed by atoms with E-state index in [1.165, 1.54) is 5.56 Å². The van der Waals surface area contributed by atoms with Crippen LogP contribution in [0, 0.1) is 5.92 Å². The Morgan fingerprint density at radius 1 is 1.60 bits per heavy atom. The maximum absolute atomic E-state index is 11.8. The van der Waals surface area contributed by atoms with Gasteiger partial charge in [0.25, 0.3) is 0 Å². The van der Waals surface area contributed by atoms with E-state index < -0.39 is 0 Å². The summed E-state index contributed by atoms with van der Waals surface area (Å²) in [7, 11) is 0. The van der Waals surface area contributed by atoms with Crippen molar-refractivity contribution < 1.29 is 4.79 Å². The Balaban J connectivity index is 2.34. The molecular formula is C12H19NOS. The standard InChI is InChI=1S/C12H19NOS/c1-2-3-11(8-13)12(14)5-4-10-6-7-15-9-10/h6-7,9,11H,2-5,8,13H2,1H3. The van der Waals surface area contributed by atoms with Crippen LogP contribution in [0.25, 0.3) is 0 Å². The molecule has 84 valence electrons. The van der Waals surface area contributed by atoms with Crippen molar-refractivity contribution in [1.29, 1.82) is 0 Å². The predicted octanol–water partition coefficient (Wildman–Crippen LogP) is 2.62. The Labute approximate surface area is 95.5 Å². The van der Waals surface area contributed by atoms with Crippen molar-refractivity contribution >= 4 is 17.1 Å². The van der Waals surface area contributed by atoms with Crippen molar-refractivity contribution in [3.63, 3.8) is 0 Å². The number of hydrogen-bond acceptors (Lipinski definition) is 3. The summed E-state index contributed by atoms with van der Waals surface area (Å²) in [5.41, 5.74) is 6.85. The van der Waals surface area contributed by atoms with Gasteiger partial charge in [0.2, 0.25) is 0 Å². The molecule has 0 aliphatic heterocycles. The van der Waals surface area contributed by atoms with Gasteiger partial charge in [-0.2, -0.15) is 11.3 Å². The minimum atomic E-state index is 0.0774. The van der Waals surface area contributed by atoms with E-state index in [4.69, 9.17) is 5.73 Å². The fourth-order valence-corrected chi connectivity index (χ4v) is 2.37. The van der Waals surface area contributed by atoms with Gasteiger partial charge < -0.3 is 5.73 Å². The minimum Gasteiger partial charge on any atom is -0.330 e. The number of nitrogens with two attached hydrogens (primary N) is 1. The second-order valence-electron chi connectivity index (χ2n) is 3.82. The Morgan fingerprint density at radius 3 is 2.93 bits per heavy atom. The van der Waals surface area contributed by atoms with E-state index in [1.807, 2.05) is 5.38 Å². The molecule has 2 nitrogen and oxygen atoms in total. The van der Waals surface area contributed by atoms with Crippen LogP contribution < -0.4 is 5.73 Å². The van der Waals surface area contributed by atoms with Crippen molar-refractivity contribution in [2.45, 2.75) is 32.6 Å². The van der Waals surface area contributed by atoms with Gasteiger partial charge in [-0.1, -0.05) is 13.3 Å². The summed E-state index contributed by atoms with van der Waals surface area (Å²) in [6.45, 7) is 2.59. The lowest BCUT2D eigenvalue weighted by Gasteiger charge is -2.11. The third kappa shape index (κ3) is 4.14. The van der Waals surface area contributed by atoms with Crippen LogP contribution in [-0.4, -0.2) is 12.3 Å². The summed E-state index contributed by atoms with van der Waals surface area (Å²) < 4.78 is 0. The topological polar surface area (TPSA) is 43.1 Å². The van der Waals surface area contributed by atoms with Crippen LogP contribution in [0.3, 0.4) is 0 Å². The highest BCUT2D eigenvalue weighted by molar-refractivity contribution is 7.07. The molecule has 0 aliphatic rings. The lowest BCUT2D eigenvalue weighted by molar-refractivity contribution is -0.122. The molecule has 0 saturated carbocycles. The van der Waals surface area contributed by atoms with E-state index in [0.29, 0.717) is 18.7 Å². The van der Waals surface area contributed by atoms with Gasteiger partial charge in [0.05, 0.1) is 0 Å². The van der Waals surface area contributed by atoms with Crippen LogP contribution in [0.1, 0.15) is 31.7 Å². The predicted molar refractivity (Wildman–Crippen MR) is 65.1 cm³/mol. The highest BCUT2D eigenvalue weighted by Gasteiger charge is 2.15. The summed E-state index contributed by atoms with van der Waals surface area (Å²) in [5, 5.41) is 4.15. The molecular weight excluding hydrogens is 206 g/mol. The molecule has 0 aromatic carbocycles. The van der Waals surface area contributed by atoms with E-state index in [0.717, 1.165) is 19.3 Å². The Morgan fingerprint density at radius 2 is 2.40 bits per heavy atom. The fourth-order valence-electron chi connectivity index (χ4n) is 1.67. The Hall–Kier alpha value is -0.670.